The van der Waals surface area contributed by atoms with Crippen molar-refractivity contribution < 1.29 is 14.0 Å². The number of fused-ring (bicyclic) bond motifs is 1. The molecule has 0 spiro atoms. The zero-order valence-electron chi connectivity index (χ0n) is 21.8. The second-order valence-electron chi connectivity index (χ2n) is 9.51. The minimum Gasteiger partial charge on any atom is -0.322 e. The molecule has 0 atom stereocenters. The molecule has 4 rings (SSSR count). The van der Waals surface area contributed by atoms with E-state index in [1.165, 1.54) is 12.1 Å². The van der Waals surface area contributed by atoms with Gasteiger partial charge in [0, 0.05) is 29.9 Å². The molecule has 5 nitrogen and oxygen atoms in total. The lowest BCUT2D eigenvalue weighted by molar-refractivity contribution is 0.0986. The summed E-state index contributed by atoms with van der Waals surface area (Å²) < 4.78 is 14.3. The van der Waals surface area contributed by atoms with Crippen LogP contribution in [0.4, 0.5) is 15.8 Å². The smallest absolute Gasteiger partial charge is 0.259 e. The number of amides is 2. The highest BCUT2D eigenvalue weighted by Crippen LogP contribution is 2.36. The van der Waals surface area contributed by atoms with Gasteiger partial charge in [0.05, 0.1) is 16.3 Å². The molecule has 38 heavy (non-hydrogen) atoms. The van der Waals surface area contributed by atoms with Gasteiger partial charge in [-0.15, -0.1) is 12.4 Å². The molecule has 0 saturated heterocycles. The Morgan fingerprint density at radius 2 is 1.84 bits per heavy atom. The normalized spacial score (nSPS) is 14.1. The average molecular weight is 557 g/mol. The number of hydrogen-bond donors (Lipinski definition) is 1. The third-order valence-electron chi connectivity index (χ3n) is 6.48. The average Bonchev–Trinajstić information content (AvgIpc) is 3.03. The molecule has 0 fully saturated rings. The first-order valence-corrected chi connectivity index (χ1v) is 12.7. The Morgan fingerprint density at radius 3 is 2.55 bits per heavy atom. The highest BCUT2D eigenvalue weighted by Gasteiger charge is 2.26. The molecule has 3 aromatic rings. The molecule has 3 aromatic carbocycles. The van der Waals surface area contributed by atoms with Crippen LogP contribution in [0, 0.1) is 12.7 Å². The van der Waals surface area contributed by atoms with Crippen LogP contribution in [-0.2, 0) is 0 Å². The number of aryl methyl sites for hydroxylation is 1. The van der Waals surface area contributed by atoms with Crippen molar-refractivity contribution in [2.45, 2.75) is 26.2 Å². The minimum absolute atomic E-state index is 0. The highest BCUT2D eigenvalue weighted by molar-refractivity contribution is 6.35. The standard InChI is InChI=1S/C30H31ClFN3O2.ClH/c1-20-8-4-5-11-24(20)29(36)33-23-13-14-25(27(31)19-23)30(37)35-17-7-10-21(9-6-16-34(2)3)26-18-22(32)12-15-28(26)35;/h4-5,8-9,11-15,18-19H,6-7,10,16-17H2,1-3H3,(H,33,36);1H. The topological polar surface area (TPSA) is 52.7 Å². The van der Waals surface area contributed by atoms with Crippen LogP contribution in [0.25, 0.3) is 5.57 Å². The highest BCUT2D eigenvalue weighted by atomic mass is 35.5. The maximum atomic E-state index is 14.3. The Morgan fingerprint density at radius 1 is 1.08 bits per heavy atom. The maximum Gasteiger partial charge on any atom is 0.259 e. The van der Waals surface area contributed by atoms with Gasteiger partial charge in [-0.2, -0.15) is 0 Å². The minimum atomic E-state index is -0.335. The van der Waals surface area contributed by atoms with Crippen molar-refractivity contribution in [2.24, 2.45) is 0 Å². The van der Waals surface area contributed by atoms with E-state index in [4.69, 9.17) is 11.6 Å². The number of hydrogen-bond acceptors (Lipinski definition) is 3. The Kier molecular flexibility index (Phi) is 10.1. The van der Waals surface area contributed by atoms with Gasteiger partial charge in [-0.25, -0.2) is 4.39 Å². The predicted octanol–water partition coefficient (Wildman–Crippen LogP) is 7.24. The first-order valence-electron chi connectivity index (χ1n) is 12.4. The molecule has 1 N–H and O–H groups in total. The van der Waals surface area contributed by atoms with Gasteiger partial charge in [0.25, 0.3) is 11.8 Å². The first-order chi connectivity index (χ1) is 17.7. The summed E-state index contributed by atoms with van der Waals surface area (Å²) in [6, 6.07) is 16.8. The Hall–Kier alpha value is -3.19. The Balaban J connectivity index is 0.00000400. The molecule has 1 aliphatic rings. The Labute approximate surface area is 234 Å². The van der Waals surface area contributed by atoms with Crippen LogP contribution in [0.1, 0.15) is 51.1 Å². The van der Waals surface area contributed by atoms with Crippen molar-refractivity contribution in [1.82, 2.24) is 4.90 Å². The van der Waals surface area contributed by atoms with E-state index in [0.29, 0.717) is 29.0 Å². The van der Waals surface area contributed by atoms with Crippen molar-refractivity contribution >= 4 is 52.8 Å². The number of carbonyl (C=O) groups excluding carboxylic acids is 2. The summed E-state index contributed by atoms with van der Waals surface area (Å²) in [5, 5.41) is 3.09. The van der Waals surface area contributed by atoms with Gasteiger partial charge in [-0.3, -0.25) is 9.59 Å². The second kappa shape index (κ2) is 13.1. The van der Waals surface area contributed by atoms with E-state index in [1.807, 2.05) is 39.2 Å². The van der Waals surface area contributed by atoms with E-state index >= 15 is 0 Å². The van der Waals surface area contributed by atoms with Crippen LogP contribution in [0.15, 0.2) is 66.7 Å². The summed E-state index contributed by atoms with van der Waals surface area (Å²) in [5.74, 6) is -0.840. The van der Waals surface area contributed by atoms with Crippen LogP contribution in [0.5, 0.6) is 0 Å². The molecular formula is C30H32Cl2FN3O2. The summed E-state index contributed by atoms with van der Waals surface area (Å²) in [6.07, 6.45) is 4.49. The number of benzene rings is 3. The van der Waals surface area contributed by atoms with Crippen LogP contribution in [0.3, 0.4) is 0 Å². The zero-order chi connectivity index (χ0) is 26.5. The van der Waals surface area contributed by atoms with E-state index in [-0.39, 0.29) is 35.1 Å². The van der Waals surface area contributed by atoms with E-state index in [0.717, 1.165) is 42.5 Å². The van der Waals surface area contributed by atoms with Gasteiger partial charge in [0.2, 0.25) is 0 Å². The van der Waals surface area contributed by atoms with E-state index in [1.54, 1.807) is 35.2 Å². The largest absolute Gasteiger partial charge is 0.322 e. The number of nitrogens with one attached hydrogen (secondary N) is 1. The van der Waals surface area contributed by atoms with Gasteiger partial charge in [-0.05, 0) is 93.9 Å². The fourth-order valence-corrected chi connectivity index (χ4v) is 4.80. The molecule has 0 bridgehead atoms. The molecule has 0 aliphatic carbocycles. The summed E-state index contributed by atoms with van der Waals surface area (Å²) in [6.45, 7) is 3.25. The lowest BCUT2D eigenvalue weighted by atomic mass is 9.99. The lowest BCUT2D eigenvalue weighted by Crippen LogP contribution is -2.32. The summed E-state index contributed by atoms with van der Waals surface area (Å²) >= 11 is 6.55. The molecule has 0 saturated carbocycles. The van der Waals surface area contributed by atoms with Gasteiger partial charge in [0.15, 0.2) is 0 Å². The SMILES string of the molecule is Cc1ccccc1C(=O)Nc1ccc(C(=O)N2CCCC(=CCCN(C)C)c3cc(F)ccc32)c(Cl)c1.Cl. The third kappa shape index (κ3) is 6.81. The summed E-state index contributed by atoms with van der Waals surface area (Å²) in [7, 11) is 4.03. The molecule has 1 heterocycles. The molecule has 2 amide bonds. The zero-order valence-corrected chi connectivity index (χ0v) is 23.3. The third-order valence-corrected chi connectivity index (χ3v) is 6.80. The van der Waals surface area contributed by atoms with E-state index in [9.17, 15) is 14.0 Å². The number of nitrogens with zero attached hydrogens (tertiary/aromatic N) is 2. The monoisotopic (exact) mass is 555 g/mol. The second-order valence-corrected chi connectivity index (χ2v) is 9.91. The first kappa shape index (κ1) is 29.4. The van der Waals surface area contributed by atoms with E-state index in [2.05, 4.69) is 16.3 Å². The van der Waals surface area contributed by atoms with E-state index < -0.39 is 0 Å². The van der Waals surface area contributed by atoms with Crippen LogP contribution in [-0.4, -0.2) is 43.9 Å². The van der Waals surface area contributed by atoms with Gasteiger partial charge >= 0.3 is 0 Å². The molecular weight excluding hydrogens is 524 g/mol. The van der Waals surface area contributed by atoms with Crippen LogP contribution in [0.2, 0.25) is 5.02 Å². The molecule has 0 unspecified atom stereocenters. The molecule has 200 valence electrons. The number of rotatable bonds is 6. The molecule has 0 aromatic heterocycles. The fraction of sp³-hybridized carbons (Fsp3) is 0.267. The van der Waals surface area contributed by atoms with Crippen molar-refractivity contribution in [1.29, 1.82) is 0 Å². The quantitative estimate of drug-likeness (QED) is 0.348. The summed E-state index contributed by atoms with van der Waals surface area (Å²) in [4.78, 5) is 30.1. The fourth-order valence-electron chi connectivity index (χ4n) is 4.54. The number of halogens is 3. The van der Waals surface area contributed by atoms with Crippen LogP contribution >= 0.6 is 24.0 Å². The predicted molar refractivity (Wildman–Crippen MR) is 156 cm³/mol. The molecule has 0 radical (unpaired) electrons. The van der Waals surface area contributed by atoms with Gasteiger partial charge in [0.1, 0.15) is 5.82 Å². The van der Waals surface area contributed by atoms with Gasteiger partial charge in [-0.1, -0.05) is 35.9 Å². The maximum absolute atomic E-state index is 14.3. The van der Waals surface area contributed by atoms with Gasteiger partial charge < -0.3 is 15.1 Å². The van der Waals surface area contributed by atoms with Crippen molar-refractivity contribution in [3.8, 4) is 0 Å². The molecule has 1 aliphatic heterocycles. The number of carbonyl (C=O) groups is 2. The van der Waals surface area contributed by atoms with Crippen molar-refractivity contribution in [2.75, 3.05) is 37.4 Å². The molecule has 8 heteroatoms. The summed E-state index contributed by atoms with van der Waals surface area (Å²) in [5.41, 5.74) is 4.72. The number of allylic oxidation sites excluding steroid dienone is 1. The van der Waals surface area contributed by atoms with Crippen molar-refractivity contribution in [3.63, 3.8) is 0 Å². The lowest BCUT2D eigenvalue weighted by Gasteiger charge is -2.24. The van der Waals surface area contributed by atoms with Crippen molar-refractivity contribution in [3.05, 3.63) is 99.8 Å². The number of anilines is 2. The van der Waals surface area contributed by atoms with Crippen LogP contribution < -0.4 is 10.2 Å². The Bertz CT molecular complexity index is 1360.